The third-order valence-corrected chi connectivity index (χ3v) is 3.13. The van der Waals surface area contributed by atoms with Crippen LogP contribution in [0.25, 0.3) is 0 Å². The van der Waals surface area contributed by atoms with Gasteiger partial charge < -0.3 is 5.32 Å². The lowest BCUT2D eigenvalue weighted by Crippen LogP contribution is -2.75. The van der Waals surface area contributed by atoms with Crippen molar-refractivity contribution in [1.29, 1.82) is 0 Å². The third kappa shape index (κ3) is 5.16. The molecule has 0 atom stereocenters. The van der Waals surface area contributed by atoms with Crippen LogP contribution in [0.1, 0.15) is 24.8 Å². The van der Waals surface area contributed by atoms with Crippen molar-refractivity contribution in [3.05, 3.63) is 23.8 Å². The molecule has 0 radical (unpaired) electrons. The fourth-order valence-electron chi connectivity index (χ4n) is 1.63. The molecule has 5 heteroatoms. The first-order valence-electron chi connectivity index (χ1n) is 6.00. The largest absolute Gasteiger partial charge is 0.326 e. The van der Waals surface area contributed by atoms with E-state index in [1.165, 1.54) is 0 Å². The first-order valence-corrected chi connectivity index (χ1v) is 7.12. The topological polar surface area (TPSA) is 54.9 Å². The second kappa shape index (κ2) is 8.24. The molecule has 0 spiro atoms. The van der Waals surface area contributed by atoms with Crippen LogP contribution < -0.4 is 10.8 Å². The number of alkyl halides is 1. The van der Waals surface area contributed by atoms with Gasteiger partial charge in [-0.05, 0) is 31.4 Å². The lowest BCUT2D eigenvalue weighted by molar-refractivity contribution is -0.830. The minimum absolute atomic E-state index is 0.0718. The lowest BCUT2D eigenvalue weighted by atomic mass is 10.1. The zero-order chi connectivity index (χ0) is 13.4. The third-order valence-electron chi connectivity index (χ3n) is 2.57. The first-order chi connectivity index (χ1) is 8.67. The SMILES string of the molecule is CO[NH2+]c1ccc(NC(=O)CCCCBr)c(C)c1. The van der Waals surface area contributed by atoms with Crippen LogP contribution in [-0.2, 0) is 9.63 Å². The number of aryl methyl sites for hydroxylation is 1. The molecule has 1 aromatic carbocycles. The summed E-state index contributed by atoms with van der Waals surface area (Å²) < 4.78 is 0. The van der Waals surface area contributed by atoms with Gasteiger partial charge in [-0.25, -0.2) is 4.84 Å². The van der Waals surface area contributed by atoms with Gasteiger partial charge in [0.2, 0.25) is 5.91 Å². The number of amides is 1. The van der Waals surface area contributed by atoms with Crippen molar-refractivity contribution in [2.45, 2.75) is 26.2 Å². The Morgan fingerprint density at radius 2 is 2.22 bits per heavy atom. The molecule has 0 fully saturated rings. The number of halogens is 1. The highest BCUT2D eigenvalue weighted by atomic mass is 79.9. The monoisotopic (exact) mass is 315 g/mol. The number of nitrogens with two attached hydrogens (primary N) is 1. The van der Waals surface area contributed by atoms with E-state index in [0.29, 0.717) is 6.42 Å². The van der Waals surface area contributed by atoms with Gasteiger partial charge in [0.15, 0.2) is 5.69 Å². The van der Waals surface area contributed by atoms with Gasteiger partial charge in [-0.15, -0.1) is 0 Å². The van der Waals surface area contributed by atoms with E-state index in [2.05, 4.69) is 21.2 Å². The van der Waals surface area contributed by atoms with E-state index in [1.807, 2.05) is 25.1 Å². The van der Waals surface area contributed by atoms with E-state index in [0.717, 1.165) is 35.1 Å². The molecule has 1 rings (SSSR count). The van der Waals surface area contributed by atoms with Gasteiger partial charge >= 0.3 is 0 Å². The highest BCUT2D eigenvalue weighted by Crippen LogP contribution is 2.17. The molecule has 4 nitrogen and oxygen atoms in total. The average Bonchev–Trinajstić information content (AvgIpc) is 2.33. The molecule has 0 aliphatic rings. The van der Waals surface area contributed by atoms with Crippen molar-refractivity contribution in [3.8, 4) is 0 Å². The number of carbonyl (C=O) groups excluding carboxylic acids is 1. The maximum Gasteiger partial charge on any atom is 0.224 e. The minimum Gasteiger partial charge on any atom is -0.326 e. The fourth-order valence-corrected chi connectivity index (χ4v) is 2.03. The maximum atomic E-state index is 11.7. The maximum absolute atomic E-state index is 11.7. The van der Waals surface area contributed by atoms with Crippen LogP contribution in [-0.4, -0.2) is 18.3 Å². The Morgan fingerprint density at radius 1 is 1.44 bits per heavy atom. The summed E-state index contributed by atoms with van der Waals surface area (Å²) >= 11 is 3.35. The standard InChI is InChI=1S/C13H19BrN2O2/c1-10-9-11(16-18-2)6-7-12(10)15-13(17)5-3-4-8-14/h6-7,9,16H,3-5,8H2,1-2H3,(H,15,17)/p+1. The lowest BCUT2D eigenvalue weighted by Gasteiger charge is -2.08. The van der Waals surface area contributed by atoms with E-state index in [-0.39, 0.29) is 5.91 Å². The zero-order valence-electron chi connectivity index (χ0n) is 10.8. The predicted octanol–water partition coefficient (Wildman–Crippen LogP) is 2.26. The molecule has 100 valence electrons. The summed E-state index contributed by atoms with van der Waals surface area (Å²) in [6.45, 7) is 1.97. The van der Waals surface area contributed by atoms with Crippen molar-refractivity contribution < 1.29 is 15.1 Å². The van der Waals surface area contributed by atoms with E-state index in [4.69, 9.17) is 4.84 Å². The number of hydrogen-bond donors (Lipinski definition) is 2. The van der Waals surface area contributed by atoms with Crippen LogP contribution in [0.5, 0.6) is 0 Å². The van der Waals surface area contributed by atoms with Gasteiger partial charge in [0.1, 0.15) is 0 Å². The smallest absolute Gasteiger partial charge is 0.224 e. The summed E-state index contributed by atoms with van der Waals surface area (Å²) in [6.07, 6.45) is 2.50. The Hall–Kier alpha value is -0.910. The summed E-state index contributed by atoms with van der Waals surface area (Å²) in [5, 5.41) is 3.87. The fraction of sp³-hybridized carbons (Fsp3) is 0.462. The van der Waals surface area contributed by atoms with Crippen LogP contribution in [0.2, 0.25) is 0 Å². The highest BCUT2D eigenvalue weighted by Gasteiger charge is 2.06. The van der Waals surface area contributed by atoms with Gasteiger partial charge in [0, 0.05) is 29.6 Å². The Balaban J connectivity index is 2.53. The van der Waals surface area contributed by atoms with Crippen LogP contribution in [0.3, 0.4) is 0 Å². The molecule has 0 bridgehead atoms. The quantitative estimate of drug-likeness (QED) is 0.351. The predicted molar refractivity (Wildman–Crippen MR) is 76.0 cm³/mol. The first kappa shape index (κ1) is 15.1. The van der Waals surface area contributed by atoms with E-state index >= 15 is 0 Å². The summed E-state index contributed by atoms with van der Waals surface area (Å²) in [5.41, 5.74) is 4.57. The highest BCUT2D eigenvalue weighted by molar-refractivity contribution is 9.09. The molecule has 0 heterocycles. The molecule has 1 aromatic rings. The Bertz CT molecular complexity index is 397. The summed E-state index contributed by atoms with van der Waals surface area (Å²) in [6, 6.07) is 5.81. The Labute approximate surface area is 116 Å². The second-order valence-corrected chi connectivity index (χ2v) is 4.92. The average molecular weight is 316 g/mol. The van der Waals surface area contributed by atoms with E-state index in [1.54, 1.807) is 12.6 Å². The normalized spacial score (nSPS) is 10.4. The molecule has 0 aliphatic heterocycles. The van der Waals surface area contributed by atoms with Gasteiger partial charge in [0.25, 0.3) is 0 Å². The van der Waals surface area contributed by atoms with Crippen LogP contribution in [0.4, 0.5) is 11.4 Å². The number of anilines is 1. The zero-order valence-corrected chi connectivity index (χ0v) is 12.4. The van der Waals surface area contributed by atoms with Crippen molar-refractivity contribution in [1.82, 2.24) is 0 Å². The van der Waals surface area contributed by atoms with E-state index in [9.17, 15) is 4.79 Å². The molecule has 3 N–H and O–H groups in total. The molecular formula is C13H20BrN2O2+. The van der Waals surface area contributed by atoms with Crippen LogP contribution >= 0.6 is 15.9 Å². The molecule has 0 saturated heterocycles. The van der Waals surface area contributed by atoms with Crippen molar-refractivity contribution in [3.63, 3.8) is 0 Å². The molecule has 18 heavy (non-hydrogen) atoms. The van der Waals surface area contributed by atoms with Gasteiger partial charge in [0.05, 0.1) is 7.11 Å². The Kier molecular flexibility index (Phi) is 6.93. The van der Waals surface area contributed by atoms with Gasteiger partial charge in [-0.1, -0.05) is 15.9 Å². The molecule has 0 aliphatic carbocycles. The van der Waals surface area contributed by atoms with Gasteiger partial charge in [-0.3, -0.25) is 4.79 Å². The molecular weight excluding hydrogens is 296 g/mol. The molecule has 0 saturated carbocycles. The number of nitrogens with one attached hydrogen (secondary N) is 1. The van der Waals surface area contributed by atoms with Crippen molar-refractivity contribution in [2.24, 2.45) is 0 Å². The second-order valence-electron chi connectivity index (χ2n) is 4.12. The van der Waals surface area contributed by atoms with E-state index < -0.39 is 0 Å². The number of hydrogen-bond acceptors (Lipinski definition) is 2. The van der Waals surface area contributed by atoms with Crippen molar-refractivity contribution >= 4 is 33.2 Å². The van der Waals surface area contributed by atoms with Gasteiger partial charge in [-0.2, -0.15) is 5.48 Å². The molecule has 0 unspecified atom stereocenters. The Morgan fingerprint density at radius 3 is 2.83 bits per heavy atom. The number of rotatable bonds is 7. The number of benzene rings is 1. The number of quaternary nitrogens is 1. The summed E-state index contributed by atoms with van der Waals surface area (Å²) in [7, 11) is 1.62. The summed E-state index contributed by atoms with van der Waals surface area (Å²) in [5.74, 6) is 0.0718. The van der Waals surface area contributed by atoms with Crippen molar-refractivity contribution in [2.75, 3.05) is 17.8 Å². The number of unbranched alkanes of at least 4 members (excludes halogenated alkanes) is 1. The molecule has 0 aromatic heterocycles. The van der Waals surface area contributed by atoms with Crippen LogP contribution in [0.15, 0.2) is 18.2 Å². The summed E-state index contributed by atoms with van der Waals surface area (Å²) in [4.78, 5) is 16.6. The minimum atomic E-state index is 0.0718. The van der Waals surface area contributed by atoms with Crippen LogP contribution in [0, 0.1) is 6.92 Å². The molecule has 1 amide bonds. The number of carbonyl (C=O) groups is 1.